The molecule has 0 aliphatic heterocycles. The Morgan fingerprint density at radius 2 is 1.59 bits per heavy atom. The molecule has 9 heteroatoms. The molecule has 1 saturated carbocycles. The highest BCUT2D eigenvalue weighted by Crippen LogP contribution is 2.32. The average molecular weight is 504 g/mol. The van der Waals surface area contributed by atoms with E-state index in [-0.39, 0.29) is 23.8 Å². The summed E-state index contributed by atoms with van der Waals surface area (Å²) in [6, 6.07) is 17.1. The number of aromatic nitrogens is 3. The summed E-state index contributed by atoms with van der Waals surface area (Å²) < 4.78 is 31.7. The number of carbonyl (C=O) groups excluding carboxylic acids is 2. The minimum Gasteiger partial charge on any atom is -0.351 e. The van der Waals surface area contributed by atoms with Crippen molar-refractivity contribution in [3.63, 3.8) is 0 Å². The first-order valence-corrected chi connectivity index (χ1v) is 12.4. The maximum Gasteiger partial charge on any atom is 0.249 e. The largest absolute Gasteiger partial charge is 0.351 e. The van der Waals surface area contributed by atoms with Crippen molar-refractivity contribution in [1.82, 2.24) is 20.3 Å². The predicted octanol–water partition coefficient (Wildman–Crippen LogP) is 4.93. The van der Waals surface area contributed by atoms with Crippen molar-refractivity contribution >= 4 is 28.5 Å². The molecule has 2 amide bonds. The van der Waals surface area contributed by atoms with E-state index in [9.17, 15) is 9.59 Å². The van der Waals surface area contributed by atoms with Gasteiger partial charge in [0.15, 0.2) is 0 Å². The zero-order chi connectivity index (χ0) is 25.8. The standard InChI is InChI=1S/C28H27F2N5O2/c29-21-13-5-4-12-20(21)27(28(37)31-19-10-2-1-3-11-19)35(24-16-8-6-14-22(24)30)26(36)18-34-25-17-9-7-15-23(25)32-33-34/h4-9,12-17,19,27H,1-3,10-11,18H2,(H,31,37). The van der Waals surface area contributed by atoms with Gasteiger partial charge in [-0.25, -0.2) is 13.5 Å². The van der Waals surface area contributed by atoms with Gasteiger partial charge in [0.2, 0.25) is 11.8 Å². The monoisotopic (exact) mass is 503 g/mol. The van der Waals surface area contributed by atoms with Gasteiger partial charge < -0.3 is 5.32 Å². The van der Waals surface area contributed by atoms with Crippen LogP contribution in [0.15, 0.2) is 72.8 Å². The second kappa shape index (κ2) is 10.9. The van der Waals surface area contributed by atoms with Crippen molar-refractivity contribution in [2.24, 2.45) is 0 Å². The number of benzene rings is 3. The van der Waals surface area contributed by atoms with Gasteiger partial charge in [0, 0.05) is 11.6 Å². The van der Waals surface area contributed by atoms with Crippen LogP contribution < -0.4 is 10.2 Å². The van der Waals surface area contributed by atoms with Gasteiger partial charge in [-0.2, -0.15) is 0 Å². The molecule has 37 heavy (non-hydrogen) atoms. The molecule has 1 N–H and O–H groups in total. The van der Waals surface area contributed by atoms with Crippen LogP contribution in [0.1, 0.15) is 43.7 Å². The number of amides is 2. The molecular formula is C28H27F2N5O2. The van der Waals surface area contributed by atoms with Gasteiger partial charge >= 0.3 is 0 Å². The second-order valence-corrected chi connectivity index (χ2v) is 9.22. The normalized spacial score (nSPS) is 14.9. The molecule has 1 aliphatic carbocycles. The summed E-state index contributed by atoms with van der Waals surface area (Å²) in [5.41, 5.74) is 1.06. The van der Waals surface area contributed by atoms with Crippen LogP contribution >= 0.6 is 0 Å². The minimum atomic E-state index is -1.43. The number of para-hydroxylation sites is 2. The number of halogens is 2. The quantitative estimate of drug-likeness (QED) is 0.388. The summed E-state index contributed by atoms with van der Waals surface area (Å²) in [6.07, 6.45) is 4.65. The molecule has 1 atom stereocenters. The number of nitrogens with zero attached hydrogens (tertiary/aromatic N) is 4. The van der Waals surface area contributed by atoms with Crippen LogP contribution in [-0.2, 0) is 16.1 Å². The molecule has 0 saturated heterocycles. The predicted molar refractivity (Wildman–Crippen MR) is 136 cm³/mol. The Hall–Kier alpha value is -4.14. The van der Waals surface area contributed by atoms with E-state index in [1.54, 1.807) is 36.4 Å². The molecule has 1 unspecified atom stereocenters. The van der Waals surface area contributed by atoms with E-state index in [1.165, 1.54) is 41.1 Å². The zero-order valence-corrected chi connectivity index (χ0v) is 20.2. The van der Waals surface area contributed by atoms with E-state index >= 15 is 8.78 Å². The van der Waals surface area contributed by atoms with E-state index in [0.29, 0.717) is 11.0 Å². The van der Waals surface area contributed by atoms with E-state index in [4.69, 9.17) is 0 Å². The molecule has 4 aromatic rings. The summed E-state index contributed by atoms with van der Waals surface area (Å²) in [7, 11) is 0. The van der Waals surface area contributed by atoms with E-state index in [2.05, 4.69) is 15.6 Å². The van der Waals surface area contributed by atoms with Crippen LogP contribution in [0.3, 0.4) is 0 Å². The van der Waals surface area contributed by atoms with Crippen molar-refractivity contribution in [1.29, 1.82) is 0 Å². The highest BCUT2D eigenvalue weighted by molar-refractivity contribution is 6.01. The zero-order valence-electron chi connectivity index (χ0n) is 20.2. The van der Waals surface area contributed by atoms with Crippen molar-refractivity contribution in [2.75, 3.05) is 4.90 Å². The van der Waals surface area contributed by atoms with Gasteiger partial charge in [0.25, 0.3) is 0 Å². The van der Waals surface area contributed by atoms with Gasteiger partial charge in [-0.3, -0.25) is 14.5 Å². The Morgan fingerprint density at radius 3 is 2.35 bits per heavy atom. The van der Waals surface area contributed by atoms with Gasteiger partial charge in [-0.05, 0) is 43.2 Å². The van der Waals surface area contributed by atoms with Crippen molar-refractivity contribution < 1.29 is 18.4 Å². The van der Waals surface area contributed by atoms with Gasteiger partial charge in [-0.1, -0.05) is 66.9 Å². The van der Waals surface area contributed by atoms with E-state index in [1.807, 2.05) is 0 Å². The number of rotatable bonds is 7. The number of fused-ring (bicyclic) bond motifs is 1. The molecular weight excluding hydrogens is 476 g/mol. The number of carbonyl (C=O) groups is 2. The number of hydrogen-bond acceptors (Lipinski definition) is 4. The Kier molecular flexibility index (Phi) is 7.20. The van der Waals surface area contributed by atoms with Gasteiger partial charge in [0.05, 0.1) is 11.2 Å². The van der Waals surface area contributed by atoms with Crippen LogP contribution in [0.2, 0.25) is 0 Å². The van der Waals surface area contributed by atoms with Gasteiger partial charge in [0.1, 0.15) is 29.7 Å². The Morgan fingerprint density at radius 1 is 0.919 bits per heavy atom. The molecule has 1 fully saturated rings. The highest BCUT2D eigenvalue weighted by atomic mass is 19.1. The van der Waals surface area contributed by atoms with Crippen LogP contribution in [0.4, 0.5) is 14.5 Å². The van der Waals surface area contributed by atoms with Crippen LogP contribution in [-0.4, -0.2) is 32.9 Å². The third-order valence-corrected chi connectivity index (χ3v) is 6.74. The molecule has 0 radical (unpaired) electrons. The first kappa shape index (κ1) is 24.5. The average Bonchev–Trinajstić information content (AvgIpc) is 3.31. The van der Waals surface area contributed by atoms with E-state index in [0.717, 1.165) is 37.0 Å². The molecule has 1 heterocycles. The number of hydrogen-bond donors (Lipinski definition) is 1. The molecule has 3 aromatic carbocycles. The SMILES string of the molecule is O=C(NC1CCCCC1)C(c1ccccc1F)N(C(=O)Cn1nnc2ccccc21)c1ccccc1F. The lowest BCUT2D eigenvalue weighted by Crippen LogP contribution is -2.48. The molecule has 0 bridgehead atoms. The number of nitrogens with one attached hydrogen (secondary N) is 1. The third-order valence-electron chi connectivity index (χ3n) is 6.74. The summed E-state index contributed by atoms with van der Waals surface area (Å²) in [4.78, 5) is 28.7. The highest BCUT2D eigenvalue weighted by Gasteiger charge is 2.37. The molecule has 1 aromatic heterocycles. The minimum absolute atomic E-state index is 0.0177. The summed E-state index contributed by atoms with van der Waals surface area (Å²) in [6.45, 7) is -0.323. The Bertz CT molecular complexity index is 1420. The maximum absolute atomic E-state index is 15.2. The van der Waals surface area contributed by atoms with Crippen LogP contribution in [0.25, 0.3) is 11.0 Å². The van der Waals surface area contributed by atoms with Crippen molar-refractivity contribution in [3.8, 4) is 0 Å². The Balaban J connectivity index is 1.58. The van der Waals surface area contributed by atoms with E-state index < -0.39 is 29.5 Å². The molecule has 5 rings (SSSR count). The summed E-state index contributed by atoms with van der Waals surface area (Å²) in [5, 5.41) is 11.2. The van der Waals surface area contributed by atoms with Crippen LogP contribution in [0, 0.1) is 11.6 Å². The topological polar surface area (TPSA) is 80.1 Å². The first-order chi connectivity index (χ1) is 18.0. The van der Waals surface area contributed by atoms with Crippen LogP contribution in [0.5, 0.6) is 0 Å². The second-order valence-electron chi connectivity index (χ2n) is 9.22. The number of anilines is 1. The lowest BCUT2D eigenvalue weighted by molar-refractivity contribution is -0.127. The molecule has 7 nitrogen and oxygen atoms in total. The first-order valence-electron chi connectivity index (χ1n) is 12.4. The summed E-state index contributed by atoms with van der Waals surface area (Å²) in [5.74, 6) is -2.55. The lowest BCUT2D eigenvalue weighted by atomic mass is 9.94. The fourth-order valence-electron chi connectivity index (χ4n) is 4.92. The lowest BCUT2D eigenvalue weighted by Gasteiger charge is -2.33. The summed E-state index contributed by atoms with van der Waals surface area (Å²) >= 11 is 0. The Labute approximate surface area is 213 Å². The molecule has 1 aliphatic rings. The maximum atomic E-state index is 15.2. The van der Waals surface area contributed by atoms with Crippen molar-refractivity contribution in [2.45, 2.75) is 50.7 Å². The smallest absolute Gasteiger partial charge is 0.249 e. The fourth-order valence-corrected chi connectivity index (χ4v) is 4.92. The third kappa shape index (κ3) is 5.21. The van der Waals surface area contributed by atoms with Crippen molar-refractivity contribution in [3.05, 3.63) is 90.0 Å². The molecule has 190 valence electrons. The molecule has 0 spiro atoms. The fraction of sp³-hybridized carbons (Fsp3) is 0.286. The van der Waals surface area contributed by atoms with Gasteiger partial charge in [-0.15, -0.1) is 5.10 Å².